The van der Waals surface area contributed by atoms with Gasteiger partial charge in [0.1, 0.15) is 5.60 Å². The highest BCUT2D eigenvalue weighted by molar-refractivity contribution is 5.94. The maximum atomic E-state index is 12.2. The smallest absolute Gasteiger partial charge is 0.251 e. The van der Waals surface area contributed by atoms with E-state index < -0.39 is 5.60 Å². The molecule has 0 spiro atoms. The van der Waals surface area contributed by atoms with E-state index in [9.17, 15) is 9.90 Å². The second-order valence-electron chi connectivity index (χ2n) is 5.56. The number of rotatable bonds is 3. The molecule has 0 saturated carbocycles. The second-order valence-corrected chi connectivity index (χ2v) is 5.56. The minimum absolute atomic E-state index is 0.166. The fraction of sp³-hybridized carbons (Fsp3) is 0.222. The Hall–Kier alpha value is -2.64. The molecule has 0 aromatic heterocycles. The average molecular weight is 292 g/mol. The van der Waals surface area contributed by atoms with Crippen LogP contribution in [0, 0.1) is 11.3 Å². The normalized spacial score (nSPS) is 19.3. The van der Waals surface area contributed by atoms with E-state index in [0.717, 1.165) is 17.5 Å². The number of aryl methyl sites for hydroxylation is 1. The Kier molecular flexibility index (Phi) is 3.66. The van der Waals surface area contributed by atoms with Crippen molar-refractivity contribution < 1.29 is 9.90 Å². The summed E-state index contributed by atoms with van der Waals surface area (Å²) in [6.45, 7) is 0.166. The number of carbonyl (C=O) groups excluding carboxylic acids is 1. The Morgan fingerprint density at radius 3 is 2.91 bits per heavy atom. The molecule has 0 radical (unpaired) electrons. The van der Waals surface area contributed by atoms with E-state index in [-0.39, 0.29) is 12.5 Å². The number of carbonyl (C=O) groups is 1. The molecule has 1 aliphatic carbocycles. The van der Waals surface area contributed by atoms with Gasteiger partial charge in [-0.15, -0.1) is 0 Å². The van der Waals surface area contributed by atoms with Crippen molar-refractivity contribution in [3.8, 4) is 6.07 Å². The summed E-state index contributed by atoms with van der Waals surface area (Å²) in [6, 6.07) is 16.3. The van der Waals surface area contributed by atoms with Gasteiger partial charge < -0.3 is 10.4 Å². The van der Waals surface area contributed by atoms with Crippen LogP contribution >= 0.6 is 0 Å². The van der Waals surface area contributed by atoms with Gasteiger partial charge in [-0.25, -0.2) is 0 Å². The van der Waals surface area contributed by atoms with Crippen LogP contribution in [0.25, 0.3) is 0 Å². The van der Waals surface area contributed by atoms with Crippen molar-refractivity contribution in [2.45, 2.75) is 18.4 Å². The lowest BCUT2D eigenvalue weighted by molar-refractivity contribution is 0.0369. The van der Waals surface area contributed by atoms with Crippen LogP contribution in [-0.2, 0) is 12.0 Å². The van der Waals surface area contributed by atoms with E-state index in [1.54, 1.807) is 24.3 Å². The molecular formula is C18H16N2O2. The van der Waals surface area contributed by atoms with Crippen molar-refractivity contribution in [1.82, 2.24) is 5.32 Å². The van der Waals surface area contributed by atoms with Crippen molar-refractivity contribution in [2.75, 3.05) is 6.54 Å². The van der Waals surface area contributed by atoms with Crippen LogP contribution < -0.4 is 5.32 Å². The minimum atomic E-state index is -1.01. The van der Waals surface area contributed by atoms with E-state index in [1.807, 2.05) is 30.3 Å². The lowest BCUT2D eigenvalue weighted by Gasteiger charge is -2.24. The number of nitrogens with zero attached hydrogens (tertiary/aromatic N) is 1. The standard InChI is InChI=1S/C18H16N2O2/c19-11-13-4-3-6-15(10-13)17(21)20-12-18(22)9-8-14-5-1-2-7-16(14)18/h1-7,10,22H,8-9,12H2,(H,20,21). The van der Waals surface area contributed by atoms with Gasteiger partial charge in [-0.3, -0.25) is 4.79 Å². The minimum Gasteiger partial charge on any atom is -0.383 e. The van der Waals surface area contributed by atoms with E-state index in [2.05, 4.69) is 5.32 Å². The first-order valence-electron chi connectivity index (χ1n) is 7.21. The van der Waals surface area contributed by atoms with Crippen molar-refractivity contribution in [1.29, 1.82) is 5.26 Å². The van der Waals surface area contributed by atoms with E-state index in [1.165, 1.54) is 0 Å². The van der Waals surface area contributed by atoms with Crippen molar-refractivity contribution in [3.05, 3.63) is 70.8 Å². The molecule has 2 N–H and O–H groups in total. The van der Waals surface area contributed by atoms with E-state index in [4.69, 9.17) is 5.26 Å². The third-order valence-corrected chi connectivity index (χ3v) is 4.12. The zero-order valence-corrected chi connectivity index (χ0v) is 12.0. The fourth-order valence-electron chi connectivity index (χ4n) is 2.91. The highest BCUT2D eigenvalue weighted by atomic mass is 16.3. The van der Waals surface area contributed by atoms with Gasteiger partial charge in [-0.1, -0.05) is 30.3 Å². The van der Waals surface area contributed by atoms with Crippen LogP contribution in [0.3, 0.4) is 0 Å². The zero-order valence-electron chi connectivity index (χ0n) is 12.0. The summed E-state index contributed by atoms with van der Waals surface area (Å²) in [5, 5.41) is 22.4. The predicted molar refractivity (Wildman–Crippen MR) is 82.2 cm³/mol. The van der Waals surface area contributed by atoms with Gasteiger partial charge in [0.25, 0.3) is 5.91 Å². The molecule has 0 fully saturated rings. The lowest BCUT2D eigenvalue weighted by atomic mass is 9.96. The van der Waals surface area contributed by atoms with Crippen molar-refractivity contribution >= 4 is 5.91 Å². The number of hydrogen-bond donors (Lipinski definition) is 2. The van der Waals surface area contributed by atoms with Gasteiger partial charge in [-0.2, -0.15) is 5.26 Å². The molecule has 1 unspecified atom stereocenters. The van der Waals surface area contributed by atoms with E-state index >= 15 is 0 Å². The first-order valence-corrected chi connectivity index (χ1v) is 7.21. The molecule has 110 valence electrons. The van der Waals surface area contributed by atoms with Gasteiger partial charge in [0, 0.05) is 5.56 Å². The number of benzene rings is 2. The number of aliphatic hydroxyl groups is 1. The van der Waals surface area contributed by atoms with Crippen LogP contribution in [0.4, 0.5) is 0 Å². The summed E-state index contributed by atoms with van der Waals surface area (Å²) in [5.74, 6) is -0.282. The molecule has 0 aliphatic heterocycles. The molecule has 2 aromatic carbocycles. The quantitative estimate of drug-likeness (QED) is 0.910. The molecule has 1 aliphatic rings. The van der Waals surface area contributed by atoms with E-state index in [0.29, 0.717) is 17.5 Å². The third-order valence-electron chi connectivity index (χ3n) is 4.12. The lowest BCUT2D eigenvalue weighted by Crippen LogP contribution is -2.39. The number of nitrogens with one attached hydrogen (secondary N) is 1. The molecule has 3 rings (SSSR count). The molecule has 1 amide bonds. The molecule has 0 saturated heterocycles. The second kappa shape index (κ2) is 5.63. The predicted octanol–water partition coefficient (Wildman–Crippen LogP) is 2.12. The van der Waals surface area contributed by atoms with Gasteiger partial charge in [0.2, 0.25) is 0 Å². The monoisotopic (exact) mass is 292 g/mol. The third kappa shape index (κ3) is 2.59. The van der Waals surface area contributed by atoms with Gasteiger partial charge in [0.15, 0.2) is 0 Å². The summed E-state index contributed by atoms with van der Waals surface area (Å²) in [7, 11) is 0. The maximum Gasteiger partial charge on any atom is 0.251 e. The first kappa shape index (κ1) is 14.3. The summed E-state index contributed by atoms with van der Waals surface area (Å²) in [4.78, 5) is 12.2. The number of fused-ring (bicyclic) bond motifs is 1. The fourth-order valence-corrected chi connectivity index (χ4v) is 2.91. The zero-order chi connectivity index (χ0) is 15.6. The average Bonchev–Trinajstić information content (AvgIpc) is 2.91. The summed E-state index contributed by atoms with van der Waals surface area (Å²) >= 11 is 0. The summed E-state index contributed by atoms with van der Waals surface area (Å²) in [5.41, 5.74) is 1.87. The van der Waals surface area contributed by atoms with Crippen LogP contribution in [0.2, 0.25) is 0 Å². The van der Waals surface area contributed by atoms with Gasteiger partial charge >= 0.3 is 0 Å². The molecule has 0 heterocycles. The van der Waals surface area contributed by atoms with Crippen molar-refractivity contribution in [2.24, 2.45) is 0 Å². The Balaban J connectivity index is 1.73. The molecule has 22 heavy (non-hydrogen) atoms. The van der Waals surface area contributed by atoms with Crippen LogP contribution in [0.15, 0.2) is 48.5 Å². The molecule has 2 aromatic rings. The molecule has 4 heteroatoms. The molecule has 1 atom stereocenters. The Labute approximate surface area is 129 Å². The molecule has 0 bridgehead atoms. The first-order chi connectivity index (χ1) is 10.6. The van der Waals surface area contributed by atoms with Crippen molar-refractivity contribution in [3.63, 3.8) is 0 Å². The molecule has 4 nitrogen and oxygen atoms in total. The van der Waals surface area contributed by atoms with Gasteiger partial charge in [-0.05, 0) is 42.2 Å². The van der Waals surface area contributed by atoms with Crippen LogP contribution in [0.5, 0.6) is 0 Å². The topological polar surface area (TPSA) is 73.1 Å². The number of hydrogen-bond acceptors (Lipinski definition) is 3. The summed E-state index contributed by atoms with van der Waals surface area (Å²) in [6.07, 6.45) is 1.41. The molecular weight excluding hydrogens is 276 g/mol. The number of amides is 1. The van der Waals surface area contributed by atoms with Crippen LogP contribution in [-0.4, -0.2) is 17.6 Å². The Morgan fingerprint density at radius 1 is 1.27 bits per heavy atom. The van der Waals surface area contributed by atoms with Gasteiger partial charge in [0.05, 0.1) is 18.2 Å². The highest BCUT2D eigenvalue weighted by Crippen LogP contribution is 2.36. The number of nitriles is 1. The maximum absolute atomic E-state index is 12.2. The highest BCUT2D eigenvalue weighted by Gasteiger charge is 2.36. The Bertz CT molecular complexity index is 764. The summed E-state index contributed by atoms with van der Waals surface area (Å²) < 4.78 is 0. The SMILES string of the molecule is N#Cc1cccc(C(=O)NCC2(O)CCc3ccccc32)c1. The Morgan fingerprint density at radius 2 is 2.09 bits per heavy atom. The largest absolute Gasteiger partial charge is 0.383 e. The van der Waals surface area contributed by atoms with Crippen LogP contribution in [0.1, 0.15) is 33.5 Å².